The second-order valence-electron chi connectivity index (χ2n) is 7.35. The van der Waals surface area contributed by atoms with Crippen molar-refractivity contribution >= 4 is 11.6 Å². The lowest BCUT2D eigenvalue weighted by molar-refractivity contribution is 0.0342. The van der Waals surface area contributed by atoms with E-state index >= 15 is 0 Å². The lowest BCUT2D eigenvalue weighted by atomic mass is 10.1. The number of rotatable bonds is 7. The molecule has 0 radical (unpaired) electrons. The molecule has 1 aromatic heterocycles. The van der Waals surface area contributed by atoms with Gasteiger partial charge in [-0.3, -0.25) is 9.69 Å². The number of nitrogens with zero attached hydrogens (tertiary/aromatic N) is 2. The van der Waals surface area contributed by atoms with Gasteiger partial charge in [0.1, 0.15) is 23.9 Å². The minimum absolute atomic E-state index is 0.0403. The van der Waals surface area contributed by atoms with E-state index in [1.165, 1.54) is 12.1 Å². The summed E-state index contributed by atoms with van der Waals surface area (Å²) in [5.41, 5.74) is 2.44. The van der Waals surface area contributed by atoms with E-state index in [-0.39, 0.29) is 12.3 Å². The van der Waals surface area contributed by atoms with E-state index in [1.807, 2.05) is 24.3 Å². The van der Waals surface area contributed by atoms with Crippen molar-refractivity contribution in [3.63, 3.8) is 0 Å². The van der Waals surface area contributed by atoms with Crippen LogP contribution in [-0.4, -0.2) is 42.3 Å². The normalized spacial score (nSPS) is 14.4. The molecular weight excluding hydrogens is 401 g/mol. The van der Waals surface area contributed by atoms with Crippen molar-refractivity contribution in [3.05, 3.63) is 76.9 Å². The number of hydrogen-bond donors (Lipinski definition) is 1. The maximum Gasteiger partial charge on any atom is 0.278 e. The molecule has 0 saturated carbocycles. The lowest BCUT2D eigenvalue weighted by Gasteiger charge is -2.26. The predicted molar refractivity (Wildman–Crippen MR) is 112 cm³/mol. The maximum absolute atomic E-state index is 13.4. The van der Waals surface area contributed by atoms with Gasteiger partial charge in [0.2, 0.25) is 0 Å². The minimum atomic E-state index is -0.394. The van der Waals surface area contributed by atoms with Crippen LogP contribution in [0.15, 0.2) is 53.1 Å². The third-order valence-electron chi connectivity index (χ3n) is 5.07. The van der Waals surface area contributed by atoms with Gasteiger partial charge < -0.3 is 19.3 Å². The molecule has 1 saturated heterocycles. The van der Waals surface area contributed by atoms with Crippen LogP contribution >= 0.6 is 0 Å². The summed E-state index contributed by atoms with van der Waals surface area (Å²) in [5.74, 6) is 0.0538. The van der Waals surface area contributed by atoms with Gasteiger partial charge in [0.25, 0.3) is 5.91 Å². The number of nitrogens with one attached hydrogen (secondary N) is 1. The molecule has 4 rings (SSSR count). The number of aromatic nitrogens is 1. The Hall–Kier alpha value is -3.23. The third-order valence-corrected chi connectivity index (χ3v) is 5.07. The highest BCUT2D eigenvalue weighted by molar-refractivity contribution is 6.03. The highest BCUT2D eigenvalue weighted by atomic mass is 19.1. The van der Waals surface area contributed by atoms with E-state index in [9.17, 15) is 9.18 Å². The molecule has 1 N–H and O–H groups in total. The number of halogens is 1. The van der Waals surface area contributed by atoms with Gasteiger partial charge in [-0.2, -0.15) is 0 Å². The third kappa shape index (κ3) is 5.48. The first-order valence-electron chi connectivity index (χ1n) is 10.1. The van der Waals surface area contributed by atoms with Crippen LogP contribution in [0.2, 0.25) is 0 Å². The quantitative estimate of drug-likeness (QED) is 0.621. The smallest absolute Gasteiger partial charge is 0.278 e. The molecule has 0 aliphatic carbocycles. The van der Waals surface area contributed by atoms with E-state index in [0.29, 0.717) is 22.8 Å². The second kappa shape index (κ2) is 9.72. The van der Waals surface area contributed by atoms with Crippen molar-refractivity contribution in [2.75, 3.05) is 31.6 Å². The first kappa shape index (κ1) is 21.0. The molecule has 7 nitrogen and oxygen atoms in total. The summed E-state index contributed by atoms with van der Waals surface area (Å²) >= 11 is 0. The first-order chi connectivity index (χ1) is 15.1. The molecule has 1 aliphatic heterocycles. The number of carbonyl (C=O) groups excluding carboxylic acids is 1. The zero-order valence-corrected chi connectivity index (χ0v) is 17.3. The summed E-state index contributed by atoms with van der Waals surface area (Å²) in [7, 11) is 0. The summed E-state index contributed by atoms with van der Waals surface area (Å²) in [6.45, 7) is 5.80. The van der Waals surface area contributed by atoms with Crippen LogP contribution in [0.25, 0.3) is 0 Å². The van der Waals surface area contributed by atoms with E-state index in [4.69, 9.17) is 14.0 Å². The van der Waals surface area contributed by atoms with Gasteiger partial charge in [0.15, 0.2) is 5.69 Å². The van der Waals surface area contributed by atoms with Crippen LogP contribution in [0.1, 0.15) is 27.4 Å². The molecule has 2 aromatic carbocycles. The highest BCUT2D eigenvalue weighted by Gasteiger charge is 2.21. The molecule has 3 aromatic rings. The predicted octanol–water partition coefficient (Wildman–Crippen LogP) is 3.79. The van der Waals surface area contributed by atoms with Crippen LogP contribution < -0.4 is 10.1 Å². The highest BCUT2D eigenvalue weighted by Crippen LogP contribution is 2.20. The van der Waals surface area contributed by atoms with E-state index < -0.39 is 11.7 Å². The number of carbonyl (C=O) groups is 1. The Morgan fingerprint density at radius 2 is 2.00 bits per heavy atom. The topological polar surface area (TPSA) is 76.8 Å². The summed E-state index contributed by atoms with van der Waals surface area (Å²) in [5, 5.41) is 6.77. The Bertz CT molecular complexity index is 1050. The van der Waals surface area contributed by atoms with Crippen molar-refractivity contribution in [1.82, 2.24) is 10.1 Å². The number of ether oxygens (including phenoxy) is 2. The van der Waals surface area contributed by atoms with Crippen molar-refractivity contribution in [3.8, 4) is 5.75 Å². The molecule has 2 heterocycles. The van der Waals surface area contributed by atoms with E-state index in [1.54, 1.807) is 19.1 Å². The molecule has 31 heavy (non-hydrogen) atoms. The molecule has 1 fully saturated rings. The molecule has 8 heteroatoms. The van der Waals surface area contributed by atoms with Gasteiger partial charge in [0.05, 0.1) is 18.8 Å². The van der Waals surface area contributed by atoms with Crippen LogP contribution in [-0.2, 0) is 17.9 Å². The number of benzene rings is 2. The molecule has 1 amide bonds. The zero-order valence-electron chi connectivity index (χ0n) is 17.3. The molecule has 0 spiro atoms. The average molecular weight is 425 g/mol. The van der Waals surface area contributed by atoms with Crippen molar-refractivity contribution < 1.29 is 23.2 Å². The largest absolute Gasteiger partial charge is 0.489 e. The van der Waals surface area contributed by atoms with Gasteiger partial charge in [-0.1, -0.05) is 23.4 Å². The number of anilines is 1. The van der Waals surface area contributed by atoms with Crippen molar-refractivity contribution in [1.29, 1.82) is 0 Å². The van der Waals surface area contributed by atoms with Crippen LogP contribution in [0.4, 0.5) is 10.1 Å². The standard InChI is InChI=1S/C23H24FN3O4/c1-16-21(15-30-20-7-3-5-18(24)13-20)22(26-31-16)23(28)25-19-6-2-4-17(12-19)14-27-8-10-29-11-9-27/h2-7,12-13H,8-11,14-15H2,1H3,(H,25,28). The lowest BCUT2D eigenvalue weighted by Crippen LogP contribution is -2.35. The Labute approximate surface area is 179 Å². The molecule has 0 atom stereocenters. The molecule has 162 valence electrons. The van der Waals surface area contributed by atoms with Gasteiger partial charge in [-0.05, 0) is 36.8 Å². The SMILES string of the molecule is Cc1onc(C(=O)Nc2cccc(CN3CCOCC3)c2)c1COc1cccc(F)c1. The average Bonchev–Trinajstić information content (AvgIpc) is 3.14. The zero-order chi connectivity index (χ0) is 21.6. The number of hydrogen-bond acceptors (Lipinski definition) is 6. The second-order valence-corrected chi connectivity index (χ2v) is 7.35. The number of aryl methyl sites for hydroxylation is 1. The van der Waals surface area contributed by atoms with Gasteiger partial charge in [0, 0.05) is 31.4 Å². The van der Waals surface area contributed by atoms with Gasteiger partial charge in [-0.25, -0.2) is 4.39 Å². The summed E-state index contributed by atoms with van der Waals surface area (Å²) in [6.07, 6.45) is 0. The number of morpholine rings is 1. The van der Waals surface area contributed by atoms with Crippen LogP contribution in [0, 0.1) is 12.7 Å². The van der Waals surface area contributed by atoms with Crippen LogP contribution in [0.3, 0.4) is 0 Å². The Morgan fingerprint density at radius 3 is 2.81 bits per heavy atom. The Morgan fingerprint density at radius 1 is 1.19 bits per heavy atom. The van der Waals surface area contributed by atoms with E-state index in [2.05, 4.69) is 15.4 Å². The maximum atomic E-state index is 13.4. The summed E-state index contributed by atoms with van der Waals surface area (Å²) < 4.78 is 29.6. The van der Waals surface area contributed by atoms with Gasteiger partial charge >= 0.3 is 0 Å². The Kier molecular flexibility index (Phi) is 6.59. The van der Waals surface area contributed by atoms with Crippen LogP contribution in [0.5, 0.6) is 5.75 Å². The summed E-state index contributed by atoms with van der Waals surface area (Å²) in [4.78, 5) is 15.2. The fourth-order valence-corrected chi connectivity index (χ4v) is 3.41. The monoisotopic (exact) mass is 425 g/mol. The fourth-order valence-electron chi connectivity index (χ4n) is 3.41. The van der Waals surface area contributed by atoms with E-state index in [0.717, 1.165) is 38.4 Å². The van der Waals surface area contributed by atoms with Crippen molar-refractivity contribution in [2.24, 2.45) is 0 Å². The molecule has 0 bridgehead atoms. The summed E-state index contributed by atoms with van der Waals surface area (Å²) in [6, 6.07) is 13.5. The first-order valence-corrected chi connectivity index (χ1v) is 10.1. The molecule has 1 aliphatic rings. The number of amides is 1. The van der Waals surface area contributed by atoms with Gasteiger partial charge in [-0.15, -0.1) is 0 Å². The fraction of sp³-hybridized carbons (Fsp3) is 0.304. The molecular formula is C23H24FN3O4. The Balaban J connectivity index is 1.42. The minimum Gasteiger partial charge on any atom is -0.489 e. The molecule has 0 unspecified atom stereocenters. The van der Waals surface area contributed by atoms with Crippen molar-refractivity contribution in [2.45, 2.75) is 20.1 Å².